The Labute approximate surface area is 271 Å². The fourth-order valence-electron chi connectivity index (χ4n) is 7.10. The molecule has 0 radical (unpaired) electrons. The number of rotatable bonds is 8. The minimum atomic E-state index is -1.19. The first-order chi connectivity index (χ1) is 21.3. The molecular weight excluding hydrogens is 644 g/mol. The van der Waals surface area contributed by atoms with Gasteiger partial charge in [-0.05, 0) is 12.1 Å². The van der Waals surface area contributed by atoms with Crippen LogP contribution < -0.4 is 16.4 Å². The summed E-state index contributed by atoms with van der Waals surface area (Å²) in [5, 5.41) is 36.6. The van der Waals surface area contributed by atoms with Crippen molar-refractivity contribution in [1.82, 2.24) is 20.5 Å². The van der Waals surface area contributed by atoms with Crippen LogP contribution in [0.5, 0.6) is 11.5 Å². The first-order valence-corrected chi connectivity index (χ1v) is 16.6. The molecular formula is C29H32ClN6O7S2+. The normalized spacial score (nSPS) is 28.7. The van der Waals surface area contributed by atoms with E-state index in [1.807, 2.05) is 0 Å². The second kappa shape index (κ2) is 11.5. The number of nitrogens with one attached hydrogen (secondary N) is 2. The number of phenols is 2. The molecule has 5 heterocycles. The molecule has 4 aliphatic heterocycles. The van der Waals surface area contributed by atoms with Crippen LogP contribution in [-0.2, 0) is 14.4 Å². The van der Waals surface area contributed by atoms with Crippen LogP contribution in [0.2, 0.25) is 5.02 Å². The predicted molar refractivity (Wildman–Crippen MR) is 168 cm³/mol. The second-order valence-corrected chi connectivity index (χ2v) is 14.4. The predicted octanol–water partition coefficient (Wildman–Crippen LogP) is 2.11. The number of hydrogen-bond acceptors (Lipinski definition) is 10. The Balaban J connectivity index is 1.14. The van der Waals surface area contributed by atoms with Gasteiger partial charge in [-0.2, -0.15) is 0 Å². The second-order valence-electron chi connectivity index (χ2n) is 12.0. The Bertz CT molecular complexity index is 1660. The number of anilines is 1. The summed E-state index contributed by atoms with van der Waals surface area (Å²) in [5.41, 5.74) is 6.75. The van der Waals surface area contributed by atoms with Gasteiger partial charge in [0.05, 0.1) is 41.0 Å². The number of thiazole rings is 1. The van der Waals surface area contributed by atoms with Crippen LogP contribution in [0.4, 0.5) is 5.13 Å². The largest absolute Gasteiger partial charge is 0.504 e. The molecule has 3 fully saturated rings. The number of piperidine rings is 1. The molecule has 238 valence electrons. The van der Waals surface area contributed by atoms with Gasteiger partial charge in [0.2, 0.25) is 0 Å². The molecule has 45 heavy (non-hydrogen) atoms. The van der Waals surface area contributed by atoms with E-state index >= 15 is 0 Å². The van der Waals surface area contributed by atoms with Crippen LogP contribution in [0.1, 0.15) is 41.7 Å². The van der Waals surface area contributed by atoms with Crippen molar-refractivity contribution in [2.75, 3.05) is 25.1 Å². The van der Waals surface area contributed by atoms with Crippen LogP contribution >= 0.6 is 34.7 Å². The number of aromatic nitrogens is 1. The third-order valence-electron chi connectivity index (χ3n) is 9.46. The first kappa shape index (κ1) is 31.2. The Morgan fingerprint density at radius 3 is 2.51 bits per heavy atom. The number of thioether (sulfide) groups is 1. The zero-order valence-electron chi connectivity index (χ0n) is 24.2. The minimum Gasteiger partial charge on any atom is -0.504 e. The summed E-state index contributed by atoms with van der Waals surface area (Å²) in [6.07, 6.45) is 3.14. The van der Waals surface area contributed by atoms with Crippen molar-refractivity contribution in [1.29, 1.82) is 0 Å². The molecule has 2 bridgehead atoms. The molecule has 6 rings (SSSR count). The lowest BCUT2D eigenvalue weighted by Gasteiger charge is -2.52. The molecule has 2 aromatic rings. The fraction of sp³-hybridized carbons (Fsp3) is 0.414. The van der Waals surface area contributed by atoms with E-state index in [4.69, 9.17) is 17.3 Å². The van der Waals surface area contributed by atoms with Crippen molar-refractivity contribution in [2.45, 2.75) is 55.2 Å². The van der Waals surface area contributed by atoms with E-state index in [1.54, 1.807) is 5.38 Å². The van der Waals surface area contributed by atoms with Crippen LogP contribution in [0, 0.1) is 0 Å². The number of benzene rings is 1. The molecule has 3 saturated heterocycles. The number of nitrogen functional groups attached to an aromatic ring is 1. The van der Waals surface area contributed by atoms with E-state index < -0.39 is 46.6 Å². The molecule has 1 aromatic carbocycles. The number of fused-ring (bicyclic) bond motifs is 3. The van der Waals surface area contributed by atoms with E-state index in [9.17, 15) is 34.5 Å². The minimum absolute atomic E-state index is 0.0312. The number of likely N-dealkylation sites (N-methyl/N-ethyl adjacent to an activating group) is 1. The van der Waals surface area contributed by atoms with Gasteiger partial charge in [-0.1, -0.05) is 18.2 Å². The van der Waals surface area contributed by atoms with Crippen molar-refractivity contribution in [3.63, 3.8) is 0 Å². The standard InChI is InChI=1S/C29H31ClN6O7S2/c1-12(18-11-45-29(31)33-18)24(39)34-21-26(41)35-22(28(42)43)13(10-44-27(21)35)9-36(2)15-3-4-16(36)8-14(7-15)32-25(40)17-5-6-19(37)23(38)20(17)30/h5-6,11,14-16,21,27H,1,3-4,7-10H2,2H3,(H6-,31,32,33,34,37,38,39,40,42,43)/p+1/t14?,15-,16+,21-,27-,36?/m1/s1. The van der Waals surface area contributed by atoms with Crippen molar-refractivity contribution in [3.05, 3.63) is 51.6 Å². The lowest BCUT2D eigenvalue weighted by molar-refractivity contribution is -0.944. The number of aliphatic carboxylic acids is 1. The Hall–Kier alpha value is -3.79. The van der Waals surface area contributed by atoms with Gasteiger partial charge in [0.25, 0.3) is 17.7 Å². The van der Waals surface area contributed by atoms with Crippen molar-refractivity contribution in [2.24, 2.45) is 0 Å². The molecule has 7 N–H and O–H groups in total. The summed E-state index contributed by atoms with van der Waals surface area (Å²) >= 11 is 8.68. The summed E-state index contributed by atoms with van der Waals surface area (Å²) in [5.74, 6) is -3.27. The van der Waals surface area contributed by atoms with Gasteiger partial charge in [-0.15, -0.1) is 23.1 Å². The number of hydrogen-bond donors (Lipinski definition) is 6. The van der Waals surface area contributed by atoms with Gasteiger partial charge in [-0.25, -0.2) is 9.78 Å². The molecule has 1 aromatic heterocycles. The Morgan fingerprint density at radius 1 is 1.20 bits per heavy atom. The molecule has 16 heteroatoms. The van der Waals surface area contributed by atoms with Crippen LogP contribution in [0.3, 0.4) is 0 Å². The number of nitrogens with zero attached hydrogens (tertiary/aromatic N) is 3. The molecule has 4 aliphatic rings. The monoisotopic (exact) mass is 675 g/mol. The first-order valence-electron chi connectivity index (χ1n) is 14.3. The van der Waals surface area contributed by atoms with Crippen LogP contribution in [0.15, 0.2) is 35.4 Å². The molecule has 13 nitrogen and oxygen atoms in total. The third-order valence-corrected chi connectivity index (χ3v) is 11.9. The lowest BCUT2D eigenvalue weighted by atomic mass is 9.92. The maximum atomic E-state index is 13.2. The number of carboxylic acid groups (broad SMARTS) is 1. The van der Waals surface area contributed by atoms with E-state index in [1.165, 1.54) is 40.1 Å². The summed E-state index contributed by atoms with van der Waals surface area (Å²) < 4.78 is 0.600. The number of nitrogens with two attached hydrogens (primary N) is 1. The maximum Gasteiger partial charge on any atom is 0.352 e. The molecule has 2 unspecified atom stereocenters. The molecule has 6 atom stereocenters. The van der Waals surface area contributed by atoms with Gasteiger partial charge in [0.1, 0.15) is 23.7 Å². The van der Waals surface area contributed by atoms with Crippen molar-refractivity contribution >= 4 is 69.1 Å². The number of carboxylic acids is 1. The summed E-state index contributed by atoms with van der Waals surface area (Å²) in [6.45, 7) is 4.21. The lowest BCUT2D eigenvalue weighted by Crippen LogP contribution is -2.71. The fourth-order valence-corrected chi connectivity index (χ4v) is 9.26. The van der Waals surface area contributed by atoms with Crippen LogP contribution in [-0.4, -0.2) is 102 Å². The zero-order valence-corrected chi connectivity index (χ0v) is 26.5. The summed E-state index contributed by atoms with van der Waals surface area (Å²) in [6, 6.07) is 1.82. The van der Waals surface area contributed by atoms with Crippen molar-refractivity contribution in [3.8, 4) is 11.5 Å². The highest BCUT2D eigenvalue weighted by atomic mass is 35.5. The van der Waals surface area contributed by atoms with E-state index in [0.717, 1.165) is 12.8 Å². The van der Waals surface area contributed by atoms with E-state index in [2.05, 4.69) is 29.2 Å². The number of carbonyl (C=O) groups excluding carboxylic acids is 3. The van der Waals surface area contributed by atoms with Gasteiger partial charge < -0.3 is 36.2 Å². The zero-order chi connectivity index (χ0) is 32.4. The van der Waals surface area contributed by atoms with Gasteiger partial charge in [0.15, 0.2) is 16.6 Å². The smallest absolute Gasteiger partial charge is 0.352 e. The summed E-state index contributed by atoms with van der Waals surface area (Å²) in [7, 11) is 2.11. The molecule has 0 spiro atoms. The highest BCUT2D eigenvalue weighted by Gasteiger charge is 2.57. The SMILES string of the molecule is C=C(C(=O)N[C@@H]1C(=O)N2C(C(=O)O)=C(C[N+]3(C)[C@@H]4CC[C@H]3CC(NC(=O)c3ccc(O)c(O)c3Cl)C4)CS[C@H]12)c1csc(N)n1. The van der Waals surface area contributed by atoms with E-state index in [-0.39, 0.29) is 45.1 Å². The quantitative estimate of drug-likeness (QED) is 0.104. The molecule has 3 amide bonds. The number of carbonyl (C=O) groups is 4. The molecule has 0 aliphatic carbocycles. The van der Waals surface area contributed by atoms with Gasteiger partial charge >= 0.3 is 5.97 Å². The summed E-state index contributed by atoms with van der Waals surface area (Å²) in [4.78, 5) is 56.9. The highest BCUT2D eigenvalue weighted by molar-refractivity contribution is 8.00. The van der Waals surface area contributed by atoms with Crippen molar-refractivity contribution < 1.29 is 39.0 Å². The highest BCUT2D eigenvalue weighted by Crippen LogP contribution is 2.46. The molecule has 0 saturated carbocycles. The average Bonchev–Trinajstić information content (AvgIpc) is 3.47. The average molecular weight is 676 g/mol. The Morgan fingerprint density at radius 2 is 1.89 bits per heavy atom. The number of phenolic OH excluding ortho intramolecular Hbond substituents is 2. The number of quaternary nitrogens is 1. The number of halogens is 1. The number of β-lactam (4-membered cyclic amide) rings is 1. The van der Waals surface area contributed by atoms with Gasteiger partial charge in [-0.3, -0.25) is 19.3 Å². The van der Waals surface area contributed by atoms with Gasteiger partial charge in [0, 0.05) is 48.4 Å². The third kappa shape index (κ3) is 5.30. The van der Waals surface area contributed by atoms with E-state index in [0.29, 0.717) is 40.9 Å². The van der Waals surface area contributed by atoms with Crippen LogP contribution in [0.25, 0.3) is 5.57 Å². The topological polar surface area (TPSA) is 195 Å². The number of aromatic hydroxyl groups is 2. The maximum absolute atomic E-state index is 13.2. The number of amides is 3. The Kier molecular flexibility index (Phi) is 8.00.